The molecule has 2 heterocycles. The predicted molar refractivity (Wildman–Crippen MR) is 129 cm³/mol. The molecule has 166 valence electrons. The SMILES string of the molecule is CC(C)CCCCCN1c2ccccc2Oc2cc(B3OC(C)(C)C(C)(C)O3)ccc21. The van der Waals surface area contributed by atoms with Crippen LogP contribution in [0.4, 0.5) is 11.4 Å². The van der Waals surface area contributed by atoms with Gasteiger partial charge in [0.2, 0.25) is 0 Å². The van der Waals surface area contributed by atoms with E-state index in [9.17, 15) is 0 Å². The van der Waals surface area contributed by atoms with Gasteiger partial charge in [-0.2, -0.15) is 0 Å². The zero-order chi connectivity index (χ0) is 22.2. The Balaban J connectivity index is 1.56. The second kappa shape index (κ2) is 8.52. The average Bonchev–Trinajstić information content (AvgIpc) is 2.93. The van der Waals surface area contributed by atoms with E-state index in [2.05, 4.69) is 76.8 Å². The molecule has 2 aliphatic rings. The van der Waals surface area contributed by atoms with Gasteiger partial charge in [0.25, 0.3) is 0 Å². The Morgan fingerprint density at radius 2 is 1.52 bits per heavy atom. The summed E-state index contributed by atoms with van der Waals surface area (Å²) >= 11 is 0. The largest absolute Gasteiger partial charge is 0.494 e. The average molecular weight is 421 g/mol. The van der Waals surface area contributed by atoms with Gasteiger partial charge >= 0.3 is 7.12 Å². The Labute approximate surface area is 188 Å². The first-order valence-electron chi connectivity index (χ1n) is 11.7. The van der Waals surface area contributed by atoms with Gasteiger partial charge in [-0.15, -0.1) is 0 Å². The van der Waals surface area contributed by atoms with Gasteiger partial charge in [0.05, 0.1) is 22.6 Å². The van der Waals surface area contributed by atoms with Crippen LogP contribution in [-0.4, -0.2) is 24.9 Å². The normalized spacial score (nSPS) is 18.7. The summed E-state index contributed by atoms with van der Waals surface area (Å²) < 4.78 is 18.8. The number of nitrogens with zero attached hydrogens (tertiary/aromatic N) is 1. The van der Waals surface area contributed by atoms with Crippen molar-refractivity contribution in [3.8, 4) is 11.5 Å². The molecule has 2 aromatic rings. The second-order valence-electron chi connectivity index (χ2n) is 10.3. The van der Waals surface area contributed by atoms with Gasteiger partial charge < -0.3 is 18.9 Å². The van der Waals surface area contributed by atoms with Crippen molar-refractivity contribution >= 4 is 24.0 Å². The van der Waals surface area contributed by atoms with Crippen LogP contribution in [0, 0.1) is 5.92 Å². The third kappa shape index (κ3) is 4.49. The summed E-state index contributed by atoms with van der Waals surface area (Å²) in [5, 5.41) is 0. The smallest absolute Gasteiger partial charge is 0.453 e. The number of unbranched alkanes of at least 4 members (excludes halogenated alkanes) is 2. The van der Waals surface area contributed by atoms with Gasteiger partial charge in [-0.1, -0.05) is 51.3 Å². The van der Waals surface area contributed by atoms with E-state index in [1.165, 1.54) is 25.7 Å². The highest BCUT2D eigenvalue weighted by Gasteiger charge is 2.51. The molecule has 0 radical (unpaired) electrons. The minimum atomic E-state index is -0.388. The number of hydrogen-bond donors (Lipinski definition) is 0. The maximum atomic E-state index is 6.32. The summed E-state index contributed by atoms with van der Waals surface area (Å²) in [6, 6.07) is 14.7. The quantitative estimate of drug-likeness (QED) is 0.380. The zero-order valence-electron chi connectivity index (χ0n) is 19.9. The molecule has 31 heavy (non-hydrogen) atoms. The van der Waals surface area contributed by atoms with Gasteiger partial charge in [-0.05, 0) is 69.8 Å². The van der Waals surface area contributed by atoms with Gasteiger partial charge in [0.1, 0.15) is 0 Å². The number of para-hydroxylation sites is 2. The maximum absolute atomic E-state index is 6.32. The fourth-order valence-electron chi connectivity index (χ4n) is 4.22. The minimum absolute atomic E-state index is 0.358. The van der Waals surface area contributed by atoms with Crippen LogP contribution >= 0.6 is 0 Å². The monoisotopic (exact) mass is 421 g/mol. The number of ether oxygens (including phenoxy) is 1. The third-order valence-electron chi connectivity index (χ3n) is 6.84. The Hall–Kier alpha value is -1.98. The van der Waals surface area contributed by atoms with Crippen molar-refractivity contribution in [3.05, 3.63) is 42.5 Å². The van der Waals surface area contributed by atoms with Crippen LogP contribution in [0.1, 0.15) is 67.2 Å². The van der Waals surface area contributed by atoms with Gasteiger partial charge in [0, 0.05) is 6.54 Å². The number of anilines is 2. The van der Waals surface area contributed by atoms with Crippen LogP contribution in [0.2, 0.25) is 0 Å². The number of hydrogen-bond acceptors (Lipinski definition) is 4. The molecule has 0 bridgehead atoms. The van der Waals surface area contributed by atoms with Crippen LogP contribution in [0.5, 0.6) is 11.5 Å². The molecule has 2 aliphatic heterocycles. The molecule has 0 atom stereocenters. The molecular formula is C26H36BNO3. The molecule has 5 heteroatoms. The fourth-order valence-corrected chi connectivity index (χ4v) is 4.22. The summed E-state index contributed by atoms with van der Waals surface area (Å²) in [6.45, 7) is 13.9. The van der Waals surface area contributed by atoms with Crippen molar-refractivity contribution in [1.82, 2.24) is 0 Å². The fraction of sp³-hybridized carbons (Fsp3) is 0.538. The molecule has 0 aliphatic carbocycles. The Kier molecular flexibility index (Phi) is 6.11. The summed E-state index contributed by atoms with van der Waals surface area (Å²) in [5.41, 5.74) is 2.53. The van der Waals surface area contributed by atoms with E-state index < -0.39 is 0 Å². The Bertz CT molecular complexity index is 909. The summed E-state index contributed by atoms with van der Waals surface area (Å²) in [6.07, 6.45) is 5.00. The van der Waals surface area contributed by atoms with E-state index in [0.717, 1.165) is 40.8 Å². The molecule has 4 rings (SSSR count). The minimum Gasteiger partial charge on any atom is -0.453 e. The van der Waals surface area contributed by atoms with Crippen LogP contribution in [0.3, 0.4) is 0 Å². The predicted octanol–water partition coefficient (Wildman–Crippen LogP) is 6.45. The highest BCUT2D eigenvalue weighted by molar-refractivity contribution is 6.62. The van der Waals surface area contributed by atoms with E-state index in [4.69, 9.17) is 14.0 Å². The number of rotatable bonds is 7. The summed E-state index contributed by atoms with van der Waals surface area (Å²) in [7, 11) is -0.388. The van der Waals surface area contributed by atoms with E-state index in [0.29, 0.717) is 0 Å². The molecule has 0 amide bonds. The van der Waals surface area contributed by atoms with Gasteiger partial charge in [-0.3, -0.25) is 0 Å². The second-order valence-corrected chi connectivity index (χ2v) is 10.3. The molecule has 0 spiro atoms. The van der Waals surface area contributed by atoms with E-state index >= 15 is 0 Å². The topological polar surface area (TPSA) is 30.9 Å². The molecule has 1 fully saturated rings. The van der Waals surface area contributed by atoms with Crippen molar-refractivity contribution in [2.45, 2.75) is 78.4 Å². The molecule has 0 aromatic heterocycles. The molecule has 4 nitrogen and oxygen atoms in total. The van der Waals surface area contributed by atoms with E-state index in [1.54, 1.807) is 0 Å². The summed E-state index contributed by atoms with van der Waals surface area (Å²) in [4.78, 5) is 2.40. The highest BCUT2D eigenvalue weighted by Crippen LogP contribution is 2.46. The lowest BCUT2D eigenvalue weighted by Gasteiger charge is -2.33. The number of benzene rings is 2. The highest BCUT2D eigenvalue weighted by atomic mass is 16.7. The van der Waals surface area contributed by atoms with E-state index in [-0.39, 0.29) is 18.3 Å². The van der Waals surface area contributed by atoms with Crippen molar-refractivity contribution in [2.24, 2.45) is 5.92 Å². The zero-order valence-corrected chi connectivity index (χ0v) is 19.9. The first-order chi connectivity index (χ1) is 14.7. The van der Waals surface area contributed by atoms with Crippen molar-refractivity contribution in [2.75, 3.05) is 11.4 Å². The van der Waals surface area contributed by atoms with Crippen molar-refractivity contribution in [1.29, 1.82) is 0 Å². The third-order valence-corrected chi connectivity index (χ3v) is 6.84. The van der Waals surface area contributed by atoms with Crippen LogP contribution in [-0.2, 0) is 9.31 Å². The Morgan fingerprint density at radius 3 is 2.23 bits per heavy atom. The standard InChI is InChI=1S/C26H36BNO3/c1-19(2)12-8-7-11-17-28-21-13-9-10-14-23(21)29-24-18-20(15-16-22(24)28)27-30-25(3,4)26(5,6)31-27/h9-10,13-16,18-19H,7-8,11-12,17H2,1-6H3. The molecular weight excluding hydrogens is 385 g/mol. The first-order valence-corrected chi connectivity index (χ1v) is 11.7. The Morgan fingerprint density at radius 1 is 0.839 bits per heavy atom. The molecule has 1 saturated heterocycles. The lowest BCUT2D eigenvalue weighted by Crippen LogP contribution is -2.41. The first kappa shape index (κ1) is 22.2. The lowest BCUT2D eigenvalue weighted by atomic mass is 9.79. The molecule has 0 saturated carbocycles. The van der Waals surface area contributed by atoms with Crippen LogP contribution < -0.4 is 15.1 Å². The maximum Gasteiger partial charge on any atom is 0.494 e. The van der Waals surface area contributed by atoms with Crippen molar-refractivity contribution < 1.29 is 14.0 Å². The van der Waals surface area contributed by atoms with Gasteiger partial charge in [-0.25, -0.2) is 0 Å². The molecule has 0 unspecified atom stereocenters. The van der Waals surface area contributed by atoms with Crippen molar-refractivity contribution in [3.63, 3.8) is 0 Å². The van der Waals surface area contributed by atoms with E-state index in [1.807, 2.05) is 12.1 Å². The van der Waals surface area contributed by atoms with Crippen LogP contribution in [0.25, 0.3) is 0 Å². The van der Waals surface area contributed by atoms with Gasteiger partial charge in [0.15, 0.2) is 11.5 Å². The summed E-state index contributed by atoms with van der Waals surface area (Å²) in [5.74, 6) is 2.55. The lowest BCUT2D eigenvalue weighted by molar-refractivity contribution is 0.00578. The van der Waals surface area contributed by atoms with Crippen LogP contribution in [0.15, 0.2) is 42.5 Å². The number of fused-ring (bicyclic) bond motifs is 2. The molecule has 0 N–H and O–H groups in total. The molecule has 2 aromatic carbocycles.